The fourth-order valence-electron chi connectivity index (χ4n) is 1.39. The van der Waals surface area contributed by atoms with Crippen LogP contribution in [0.2, 0.25) is 0 Å². The van der Waals surface area contributed by atoms with Crippen LogP contribution in [0.4, 0.5) is 0 Å². The molecule has 0 spiro atoms. The second-order valence-corrected chi connectivity index (χ2v) is 5.23. The van der Waals surface area contributed by atoms with Crippen LogP contribution in [0.5, 0.6) is 0 Å². The van der Waals surface area contributed by atoms with Crippen LogP contribution in [0.1, 0.15) is 38.2 Å². The second kappa shape index (κ2) is 4.85. The Morgan fingerprint density at radius 2 is 2.06 bits per heavy atom. The number of aryl methyl sites for hydroxylation is 1. The topological polar surface area (TPSA) is 81.7 Å². The van der Waals surface area contributed by atoms with E-state index in [9.17, 15) is 0 Å². The molecule has 0 aliphatic carbocycles. The first-order valence-corrected chi connectivity index (χ1v) is 5.85. The van der Waals surface area contributed by atoms with Crippen LogP contribution in [0.15, 0.2) is 10.6 Å². The van der Waals surface area contributed by atoms with Crippen molar-refractivity contribution >= 4 is 0 Å². The van der Waals surface area contributed by atoms with Crippen molar-refractivity contribution in [2.75, 3.05) is 0 Å². The molecule has 7 nitrogen and oxygen atoms in total. The largest absolute Gasteiger partial charge is 0.424 e. The van der Waals surface area contributed by atoms with Gasteiger partial charge in [-0.3, -0.25) is 0 Å². The molecule has 2 aromatic heterocycles. The molecule has 0 amide bonds. The van der Waals surface area contributed by atoms with Gasteiger partial charge in [0, 0.05) is 19.0 Å². The van der Waals surface area contributed by atoms with Crippen molar-refractivity contribution in [3.63, 3.8) is 0 Å². The molecule has 0 bridgehead atoms. The summed E-state index contributed by atoms with van der Waals surface area (Å²) in [6.07, 6.45) is 1.87. The Balaban J connectivity index is 1.94. The number of hydrogen-bond donors (Lipinski definition) is 1. The van der Waals surface area contributed by atoms with E-state index >= 15 is 0 Å². The van der Waals surface area contributed by atoms with Gasteiger partial charge in [0.1, 0.15) is 6.54 Å². The number of hydrogen-bond acceptors (Lipinski definition) is 6. The van der Waals surface area contributed by atoms with Gasteiger partial charge in [-0.1, -0.05) is 5.21 Å². The molecule has 0 aromatic carbocycles. The average Bonchev–Trinajstić information content (AvgIpc) is 2.85. The third-order valence-electron chi connectivity index (χ3n) is 2.25. The summed E-state index contributed by atoms with van der Waals surface area (Å²) in [6, 6.07) is 0. The summed E-state index contributed by atoms with van der Waals surface area (Å²) in [5, 5.41) is 19.1. The maximum absolute atomic E-state index is 5.28. The smallest absolute Gasteiger partial charge is 0.237 e. The van der Waals surface area contributed by atoms with Crippen LogP contribution < -0.4 is 5.32 Å². The number of nitrogens with one attached hydrogen (secondary N) is 1. The monoisotopic (exact) mass is 250 g/mol. The summed E-state index contributed by atoms with van der Waals surface area (Å²) in [4.78, 5) is 0. The molecule has 0 radical (unpaired) electrons. The Morgan fingerprint density at radius 1 is 1.28 bits per heavy atom. The van der Waals surface area contributed by atoms with Crippen LogP contribution in [0.25, 0.3) is 0 Å². The lowest BCUT2D eigenvalue weighted by molar-refractivity contribution is 0.421. The summed E-state index contributed by atoms with van der Waals surface area (Å²) in [6.45, 7) is 9.22. The Morgan fingerprint density at radius 3 is 2.67 bits per heavy atom. The van der Waals surface area contributed by atoms with Crippen molar-refractivity contribution in [3.8, 4) is 0 Å². The highest BCUT2D eigenvalue weighted by molar-refractivity contribution is 4.94. The maximum atomic E-state index is 5.28. The summed E-state index contributed by atoms with van der Waals surface area (Å²) in [5.41, 5.74) is 0.953. The predicted octanol–water partition coefficient (Wildman–Crippen LogP) is 0.906. The van der Waals surface area contributed by atoms with Crippen LogP contribution in [-0.2, 0) is 13.1 Å². The minimum Gasteiger partial charge on any atom is -0.424 e. The molecule has 0 saturated carbocycles. The summed E-state index contributed by atoms with van der Waals surface area (Å²) in [7, 11) is 0. The van der Waals surface area contributed by atoms with Gasteiger partial charge in [0.2, 0.25) is 11.8 Å². The molecule has 1 N–H and O–H groups in total. The molecule has 2 heterocycles. The normalized spacial score (nSPS) is 12.0. The van der Waals surface area contributed by atoms with E-state index in [0.29, 0.717) is 24.9 Å². The quantitative estimate of drug-likeness (QED) is 0.868. The van der Waals surface area contributed by atoms with Crippen LogP contribution in [0.3, 0.4) is 0 Å². The molecule has 0 saturated heterocycles. The molecule has 0 atom stereocenters. The average molecular weight is 250 g/mol. The fraction of sp³-hybridized carbons (Fsp3) is 0.636. The zero-order chi connectivity index (χ0) is 13.2. The van der Waals surface area contributed by atoms with Crippen LogP contribution in [0, 0.1) is 6.92 Å². The van der Waals surface area contributed by atoms with Gasteiger partial charge in [-0.2, -0.15) is 0 Å². The molecule has 7 heteroatoms. The summed E-state index contributed by atoms with van der Waals surface area (Å²) < 4.78 is 6.97. The van der Waals surface area contributed by atoms with Crippen LogP contribution >= 0.6 is 0 Å². The Kier molecular flexibility index (Phi) is 3.42. The SMILES string of the molecule is Cc1nnc(Cn2cc(CNC(C)(C)C)nn2)o1. The van der Waals surface area contributed by atoms with Crippen molar-refractivity contribution in [1.29, 1.82) is 0 Å². The molecule has 0 aliphatic rings. The Labute approximate surface area is 106 Å². The van der Waals surface area contributed by atoms with E-state index < -0.39 is 0 Å². The van der Waals surface area contributed by atoms with E-state index in [2.05, 4.69) is 46.6 Å². The molecule has 2 aromatic rings. The van der Waals surface area contributed by atoms with Gasteiger partial charge in [-0.05, 0) is 20.8 Å². The molecule has 98 valence electrons. The number of aromatic nitrogens is 5. The third-order valence-corrected chi connectivity index (χ3v) is 2.25. The van der Waals surface area contributed by atoms with Gasteiger partial charge >= 0.3 is 0 Å². The summed E-state index contributed by atoms with van der Waals surface area (Å²) >= 11 is 0. The van der Waals surface area contributed by atoms with Crippen molar-refractivity contribution in [2.45, 2.75) is 46.3 Å². The van der Waals surface area contributed by atoms with E-state index in [1.165, 1.54) is 0 Å². The lowest BCUT2D eigenvalue weighted by Crippen LogP contribution is -2.35. The minimum absolute atomic E-state index is 0.0629. The first-order chi connectivity index (χ1) is 8.42. The third kappa shape index (κ3) is 3.63. The van der Waals surface area contributed by atoms with Gasteiger partial charge in [-0.25, -0.2) is 4.68 Å². The molecule has 2 rings (SSSR count). The van der Waals surface area contributed by atoms with Crippen molar-refractivity contribution in [2.24, 2.45) is 0 Å². The zero-order valence-corrected chi connectivity index (χ0v) is 11.1. The van der Waals surface area contributed by atoms with Crippen molar-refractivity contribution < 1.29 is 4.42 Å². The summed E-state index contributed by atoms with van der Waals surface area (Å²) in [5.74, 6) is 1.09. The molecule has 0 unspecified atom stereocenters. The maximum Gasteiger partial charge on any atom is 0.237 e. The second-order valence-electron chi connectivity index (χ2n) is 5.23. The molecular formula is C11H18N6O. The highest BCUT2D eigenvalue weighted by Gasteiger charge is 2.11. The predicted molar refractivity (Wildman–Crippen MR) is 64.8 cm³/mol. The number of rotatable bonds is 4. The van der Waals surface area contributed by atoms with Crippen molar-refractivity contribution in [3.05, 3.63) is 23.7 Å². The highest BCUT2D eigenvalue weighted by Crippen LogP contribution is 2.03. The Bertz CT molecular complexity index is 510. The van der Waals surface area contributed by atoms with Crippen LogP contribution in [-0.4, -0.2) is 30.7 Å². The van der Waals surface area contributed by atoms with E-state index in [1.54, 1.807) is 11.6 Å². The zero-order valence-electron chi connectivity index (χ0n) is 11.1. The van der Waals surface area contributed by atoms with Crippen molar-refractivity contribution in [1.82, 2.24) is 30.5 Å². The fourth-order valence-corrected chi connectivity index (χ4v) is 1.39. The van der Waals surface area contributed by atoms with E-state index in [-0.39, 0.29) is 5.54 Å². The van der Waals surface area contributed by atoms with E-state index in [4.69, 9.17) is 4.42 Å². The van der Waals surface area contributed by atoms with E-state index in [1.807, 2.05) is 6.20 Å². The Hall–Kier alpha value is -1.76. The standard InChI is InChI=1S/C11H18N6O/c1-8-13-15-10(18-8)7-17-6-9(14-16-17)5-12-11(2,3)4/h6,12H,5,7H2,1-4H3. The first-order valence-electron chi connectivity index (χ1n) is 5.85. The van der Waals surface area contributed by atoms with Gasteiger partial charge < -0.3 is 9.73 Å². The van der Waals surface area contributed by atoms with E-state index in [0.717, 1.165) is 5.69 Å². The molecule has 0 aliphatic heterocycles. The van der Waals surface area contributed by atoms with Gasteiger partial charge in [-0.15, -0.1) is 15.3 Å². The molecular weight excluding hydrogens is 232 g/mol. The lowest BCUT2D eigenvalue weighted by Gasteiger charge is -2.19. The van der Waals surface area contributed by atoms with Gasteiger partial charge in [0.25, 0.3) is 0 Å². The number of nitrogens with zero attached hydrogens (tertiary/aromatic N) is 5. The first kappa shape index (κ1) is 12.7. The molecule has 18 heavy (non-hydrogen) atoms. The van der Waals surface area contributed by atoms with Gasteiger partial charge in [0.15, 0.2) is 0 Å². The lowest BCUT2D eigenvalue weighted by atomic mass is 10.1. The van der Waals surface area contributed by atoms with Gasteiger partial charge in [0.05, 0.1) is 11.9 Å². The molecule has 0 fully saturated rings. The minimum atomic E-state index is 0.0629. The highest BCUT2D eigenvalue weighted by atomic mass is 16.4.